The Morgan fingerprint density at radius 1 is 1.00 bits per heavy atom. The Hall–Kier alpha value is -0.500. The van der Waals surface area contributed by atoms with Crippen LogP contribution in [0, 0.1) is 0 Å². The Kier molecular flexibility index (Phi) is 15.1. The van der Waals surface area contributed by atoms with E-state index in [0.29, 0.717) is 11.0 Å². The molecule has 0 saturated carbocycles. The molecule has 0 amide bonds. The Morgan fingerprint density at radius 2 is 1.57 bits per heavy atom. The summed E-state index contributed by atoms with van der Waals surface area (Å²) in [7, 11) is 1.55. The van der Waals surface area contributed by atoms with Gasteiger partial charge in [0.05, 0.1) is 34.4 Å². The van der Waals surface area contributed by atoms with Gasteiger partial charge in [-0.2, -0.15) is 0 Å². The van der Waals surface area contributed by atoms with Crippen LogP contribution in [-0.4, -0.2) is 74.1 Å². The third-order valence-electron chi connectivity index (χ3n) is 4.18. The van der Waals surface area contributed by atoms with Crippen molar-refractivity contribution < 1.29 is 37.6 Å². The first-order chi connectivity index (χ1) is 13.1. The van der Waals surface area contributed by atoms with Crippen molar-refractivity contribution in [3.05, 3.63) is 0 Å². The van der Waals surface area contributed by atoms with E-state index in [9.17, 15) is 19.4 Å². The van der Waals surface area contributed by atoms with E-state index >= 15 is 0 Å². The highest BCUT2D eigenvalue weighted by molar-refractivity contribution is 7.47. The number of phosphoric ester groups is 1. The van der Waals surface area contributed by atoms with Gasteiger partial charge >= 0.3 is 13.8 Å². The number of unbranched alkanes of at least 4 members (excludes halogenated alkanes) is 7. The van der Waals surface area contributed by atoms with E-state index in [-0.39, 0.29) is 13.0 Å². The molecule has 0 fully saturated rings. The fourth-order valence-corrected chi connectivity index (χ4v) is 3.16. The van der Waals surface area contributed by atoms with Crippen molar-refractivity contribution >= 4 is 13.8 Å². The summed E-state index contributed by atoms with van der Waals surface area (Å²) in [5.74, 6) is -0.438. The summed E-state index contributed by atoms with van der Waals surface area (Å²) < 4.78 is 27.2. The van der Waals surface area contributed by atoms with Gasteiger partial charge in [-0.15, -0.1) is 0 Å². The van der Waals surface area contributed by atoms with Gasteiger partial charge in [0, 0.05) is 6.42 Å². The minimum Gasteiger partial charge on any atom is -0.457 e. The molecule has 2 atom stereocenters. The molecule has 168 valence electrons. The van der Waals surface area contributed by atoms with Crippen LogP contribution in [0.2, 0.25) is 0 Å². The highest BCUT2D eigenvalue weighted by atomic mass is 31.2. The van der Waals surface area contributed by atoms with E-state index in [0.717, 1.165) is 19.3 Å². The molecule has 0 aromatic rings. The lowest BCUT2D eigenvalue weighted by Crippen LogP contribution is -2.37. The number of aliphatic hydroxyl groups excluding tert-OH is 1. The van der Waals surface area contributed by atoms with Crippen LogP contribution in [0.1, 0.15) is 64.7 Å². The summed E-state index contributed by atoms with van der Waals surface area (Å²) in [6, 6.07) is 0. The van der Waals surface area contributed by atoms with E-state index < -0.39 is 33.1 Å². The SMILES string of the molecule is CCCCCCCCCCC(=O)OC(CO)COP(=O)(O)OCC[N+](C)(C)C. The van der Waals surface area contributed by atoms with Crippen LogP contribution in [0.5, 0.6) is 0 Å². The fraction of sp³-hybridized carbons (Fsp3) is 0.947. The first-order valence-electron chi connectivity index (χ1n) is 10.3. The number of carbonyl (C=O) groups is 1. The minimum atomic E-state index is -4.24. The Bertz CT molecular complexity index is 454. The predicted octanol–water partition coefficient (Wildman–Crippen LogP) is 3.26. The number of esters is 1. The van der Waals surface area contributed by atoms with E-state index in [1.807, 2.05) is 21.1 Å². The average Bonchev–Trinajstić information content (AvgIpc) is 2.59. The minimum absolute atomic E-state index is 0.0549. The molecule has 0 saturated heterocycles. The Labute approximate surface area is 170 Å². The molecule has 0 heterocycles. The highest BCUT2D eigenvalue weighted by Crippen LogP contribution is 2.43. The summed E-state index contributed by atoms with van der Waals surface area (Å²) >= 11 is 0. The van der Waals surface area contributed by atoms with E-state index in [1.54, 1.807) is 0 Å². The van der Waals surface area contributed by atoms with Gasteiger partial charge in [0.25, 0.3) is 0 Å². The number of hydrogen-bond donors (Lipinski definition) is 2. The van der Waals surface area contributed by atoms with Gasteiger partial charge in [-0.1, -0.05) is 51.9 Å². The second-order valence-electron chi connectivity index (χ2n) is 8.13. The highest BCUT2D eigenvalue weighted by Gasteiger charge is 2.25. The third-order valence-corrected chi connectivity index (χ3v) is 5.16. The zero-order valence-electron chi connectivity index (χ0n) is 18.1. The topological polar surface area (TPSA) is 102 Å². The molecule has 8 nitrogen and oxygen atoms in total. The molecular weight excluding hydrogens is 385 g/mol. The molecule has 28 heavy (non-hydrogen) atoms. The number of rotatable bonds is 18. The second kappa shape index (κ2) is 15.4. The number of phosphoric acid groups is 1. The van der Waals surface area contributed by atoms with Gasteiger partial charge < -0.3 is 19.2 Å². The van der Waals surface area contributed by atoms with Gasteiger partial charge in [-0.25, -0.2) is 4.57 Å². The van der Waals surface area contributed by atoms with E-state index in [4.69, 9.17) is 13.8 Å². The molecule has 0 aromatic heterocycles. The summed E-state index contributed by atoms with van der Waals surface area (Å²) in [6.45, 7) is 1.90. The maximum atomic E-state index is 11.8. The summed E-state index contributed by atoms with van der Waals surface area (Å²) in [5.41, 5.74) is 0. The van der Waals surface area contributed by atoms with Crippen LogP contribution in [0.25, 0.3) is 0 Å². The average molecular weight is 427 g/mol. The first kappa shape index (κ1) is 27.5. The molecule has 2 unspecified atom stereocenters. The molecule has 0 spiro atoms. The number of likely N-dealkylation sites (N-methyl/N-ethyl adjacent to an activating group) is 1. The Morgan fingerprint density at radius 3 is 2.11 bits per heavy atom. The van der Waals surface area contributed by atoms with Gasteiger partial charge in [0.2, 0.25) is 0 Å². The zero-order chi connectivity index (χ0) is 21.5. The maximum Gasteiger partial charge on any atom is 0.472 e. The monoisotopic (exact) mass is 426 g/mol. The number of hydrogen-bond acceptors (Lipinski definition) is 6. The number of quaternary nitrogens is 1. The van der Waals surface area contributed by atoms with Crippen LogP contribution >= 0.6 is 7.82 Å². The molecular formula is C19H41NO7P+. The number of carbonyl (C=O) groups excluding carboxylic acids is 1. The maximum absolute atomic E-state index is 11.8. The lowest BCUT2D eigenvalue weighted by Gasteiger charge is -2.24. The van der Waals surface area contributed by atoms with Crippen molar-refractivity contribution in [3.63, 3.8) is 0 Å². The number of ether oxygens (including phenoxy) is 1. The van der Waals surface area contributed by atoms with Crippen molar-refractivity contribution in [3.8, 4) is 0 Å². The molecule has 2 N–H and O–H groups in total. The van der Waals surface area contributed by atoms with Crippen molar-refractivity contribution in [1.29, 1.82) is 0 Å². The third kappa shape index (κ3) is 17.6. The van der Waals surface area contributed by atoms with Crippen molar-refractivity contribution in [2.24, 2.45) is 0 Å². The summed E-state index contributed by atoms with van der Waals surface area (Å²) in [4.78, 5) is 21.5. The summed E-state index contributed by atoms with van der Waals surface area (Å²) in [5, 5.41) is 9.30. The van der Waals surface area contributed by atoms with Gasteiger partial charge in [0.1, 0.15) is 19.3 Å². The molecule has 0 aromatic carbocycles. The molecule has 0 radical (unpaired) electrons. The van der Waals surface area contributed by atoms with Crippen molar-refractivity contribution in [1.82, 2.24) is 0 Å². The zero-order valence-corrected chi connectivity index (χ0v) is 19.0. The lowest BCUT2D eigenvalue weighted by molar-refractivity contribution is -0.870. The van der Waals surface area contributed by atoms with Gasteiger partial charge in [-0.05, 0) is 6.42 Å². The van der Waals surface area contributed by atoms with Crippen molar-refractivity contribution in [2.75, 3.05) is 47.5 Å². The van der Waals surface area contributed by atoms with Crippen LogP contribution in [0.15, 0.2) is 0 Å². The molecule has 0 aliphatic heterocycles. The molecule has 9 heteroatoms. The standard InChI is InChI=1S/C19H40NO7P/c1-5-6-7-8-9-10-11-12-13-19(22)27-18(16-21)17-26-28(23,24)25-15-14-20(2,3)4/h18,21H,5-17H2,1-4H3/p+1. The van der Waals surface area contributed by atoms with E-state index in [1.165, 1.54) is 32.1 Å². The molecule has 0 bridgehead atoms. The first-order valence-corrected chi connectivity index (χ1v) is 11.8. The largest absolute Gasteiger partial charge is 0.472 e. The molecule has 0 rings (SSSR count). The van der Waals surface area contributed by atoms with Gasteiger partial charge in [-0.3, -0.25) is 13.8 Å². The summed E-state index contributed by atoms with van der Waals surface area (Å²) in [6.07, 6.45) is 8.28. The number of aliphatic hydroxyl groups is 1. The van der Waals surface area contributed by atoms with Crippen LogP contribution in [0.3, 0.4) is 0 Å². The van der Waals surface area contributed by atoms with Crippen LogP contribution in [-0.2, 0) is 23.1 Å². The van der Waals surface area contributed by atoms with Crippen molar-refractivity contribution in [2.45, 2.75) is 70.8 Å². The second-order valence-corrected chi connectivity index (χ2v) is 9.58. The van der Waals surface area contributed by atoms with Crippen LogP contribution < -0.4 is 0 Å². The predicted molar refractivity (Wildman–Crippen MR) is 109 cm³/mol. The molecule has 0 aliphatic carbocycles. The fourth-order valence-electron chi connectivity index (χ4n) is 2.42. The quantitative estimate of drug-likeness (QED) is 0.150. The Balaban J connectivity index is 3.93. The van der Waals surface area contributed by atoms with Crippen LogP contribution in [0.4, 0.5) is 0 Å². The lowest BCUT2D eigenvalue weighted by atomic mass is 10.1. The molecule has 0 aliphatic rings. The number of nitrogens with zero attached hydrogens (tertiary/aromatic N) is 1. The normalized spacial score (nSPS) is 15.2. The smallest absolute Gasteiger partial charge is 0.457 e. The van der Waals surface area contributed by atoms with E-state index in [2.05, 4.69) is 6.92 Å². The van der Waals surface area contributed by atoms with Gasteiger partial charge in [0.15, 0.2) is 0 Å².